The fourth-order valence-electron chi connectivity index (χ4n) is 3.59. The van der Waals surface area contributed by atoms with Crippen LogP contribution in [0.3, 0.4) is 0 Å². The highest BCUT2D eigenvalue weighted by Crippen LogP contribution is 2.40. The smallest absolute Gasteiger partial charge is 0.260 e. The molecule has 2 heterocycles. The van der Waals surface area contributed by atoms with E-state index in [1.165, 1.54) is 11.3 Å². The fraction of sp³-hybridized carbons (Fsp3) is 0.308. The number of benzene rings is 2. The molecule has 0 unspecified atom stereocenters. The second-order valence-corrected chi connectivity index (χ2v) is 9.29. The first kappa shape index (κ1) is 24.9. The van der Waals surface area contributed by atoms with E-state index in [0.717, 1.165) is 15.1 Å². The zero-order chi connectivity index (χ0) is 24.8. The summed E-state index contributed by atoms with van der Waals surface area (Å²) in [5.41, 5.74) is 1.26. The zero-order valence-electron chi connectivity index (χ0n) is 20.2. The van der Waals surface area contributed by atoms with E-state index in [4.69, 9.17) is 23.6 Å². The Morgan fingerprint density at radius 2 is 1.74 bits per heavy atom. The number of nitrogens with zero attached hydrogens (tertiary/aromatic N) is 2. The molecule has 2 aromatic heterocycles. The Kier molecular flexibility index (Phi) is 8.20. The second kappa shape index (κ2) is 11.5. The van der Waals surface area contributed by atoms with Crippen molar-refractivity contribution >= 4 is 44.4 Å². The maximum Gasteiger partial charge on any atom is 0.260 e. The number of carbonyl (C=O) groups is 1. The van der Waals surface area contributed by atoms with Gasteiger partial charge in [0.25, 0.3) is 5.91 Å². The highest BCUT2D eigenvalue weighted by atomic mass is 32.2. The average molecular weight is 513 g/mol. The number of ether oxygens (including phenoxy) is 3. The normalized spacial score (nSPS) is 11.0. The lowest BCUT2D eigenvalue weighted by molar-refractivity contribution is 0.0982. The summed E-state index contributed by atoms with van der Waals surface area (Å²) >= 11 is 3.14. The van der Waals surface area contributed by atoms with E-state index in [1.807, 2.05) is 45.2 Å². The van der Waals surface area contributed by atoms with Crippen molar-refractivity contribution in [1.29, 1.82) is 0 Å². The van der Waals surface area contributed by atoms with Gasteiger partial charge in [-0.15, -0.1) is 11.8 Å². The number of hydrogen-bond acceptors (Lipinski definition) is 8. The Balaban J connectivity index is 1.79. The van der Waals surface area contributed by atoms with E-state index < -0.39 is 0 Å². The van der Waals surface area contributed by atoms with Crippen molar-refractivity contribution in [2.75, 3.05) is 31.0 Å². The number of anilines is 1. The van der Waals surface area contributed by atoms with Gasteiger partial charge in [-0.25, -0.2) is 4.98 Å². The minimum atomic E-state index is -0.240. The van der Waals surface area contributed by atoms with Crippen LogP contribution in [0.2, 0.25) is 0 Å². The van der Waals surface area contributed by atoms with E-state index in [1.54, 1.807) is 41.1 Å². The maximum atomic E-state index is 13.9. The van der Waals surface area contributed by atoms with Crippen molar-refractivity contribution in [3.05, 3.63) is 60.1 Å². The first-order valence-electron chi connectivity index (χ1n) is 11.4. The monoisotopic (exact) mass is 512 g/mol. The Morgan fingerprint density at radius 3 is 2.34 bits per heavy atom. The minimum absolute atomic E-state index is 0.238. The molecule has 0 bridgehead atoms. The Bertz CT molecular complexity index is 1260. The lowest BCUT2D eigenvalue weighted by Gasteiger charge is -2.21. The van der Waals surface area contributed by atoms with Crippen LogP contribution in [0.5, 0.6) is 17.2 Å². The predicted octanol–water partition coefficient (Wildman–Crippen LogP) is 6.65. The number of hydrogen-bond donors (Lipinski definition) is 0. The van der Waals surface area contributed by atoms with Gasteiger partial charge >= 0.3 is 0 Å². The van der Waals surface area contributed by atoms with Gasteiger partial charge in [0.15, 0.2) is 16.6 Å². The quantitative estimate of drug-likeness (QED) is 0.208. The molecule has 0 saturated carbocycles. The van der Waals surface area contributed by atoms with Crippen LogP contribution >= 0.6 is 23.1 Å². The molecule has 1 amide bonds. The molecule has 9 heteroatoms. The van der Waals surface area contributed by atoms with Crippen LogP contribution in [-0.2, 0) is 6.54 Å². The third-order valence-electron chi connectivity index (χ3n) is 5.11. The van der Waals surface area contributed by atoms with Crippen molar-refractivity contribution < 1.29 is 23.4 Å². The largest absolute Gasteiger partial charge is 0.490 e. The van der Waals surface area contributed by atoms with Crippen molar-refractivity contribution in [3.8, 4) is 17.2 Å². The van der Waals surface area contributed by atoms with Gasteiger partial charge in [0.05, 0.1) is 42.8 Å². The molecule has 0 N–H and O–H groups in total. The summed E-state index contributed by atoms with van der Waals surface area (Å²) in [6, 6.07) is 13.2. The molecule has 0 atom stereocenters. The van der Waals surface area contributed by atoms with Crippen molar-refractivity contribution in [2.24, 2.45) is 0 Å². The van der Waals surface area contributed by atoms with Crippen LogP contribution in [0.25, 0.3) is 10.2 Å². The van der Waals surface area contributed by atoms with E-state index in [-0.39, 0.29) is 12.5 Å². The minimum Gasteiger partial charge on any atom is -0.490 e. The molecule has 4 aromatic rings. The Hall–Kier alpha value is -3.17. The number of fused-ring (bicyclic) bond motifs is 1. The average Bonchev–Trinajstić information content (AvgIpc) is 3.53. The summed E-state index contributed by atoms with van der Waals surface area (Å²) < 4.78 is 24.0. The summed E-state index contributed by atoms with van der Waals surface area (Å²) in [4.78, 5) is 21.5. The molecule has 0 aliphatic heterocycles. The third-order valence-corrected chi connectivity index (χ3v) is 6.88. The Morgan fingerprint density at radius 1 is 1.03 bits per heavy atom. The predicted molar refractivity (Wildman–Crippen MR) is 141 cm³/mol. The van der Waals surface area contributed by atoms with Gasteiger partial charge in [-0.3, -0.25) is 9.69 Å². The molecule has 35 heavy (non-hydrogen) atoms. The molecule has 0 radical (unpaired) electrons. The van der Waals surface area contributed by atoms with Gasteiger partial charge in [0, 0.05) is 10.5 Å². The number of aromatic nitrogens is 1. The molecule has 4 rings (SSSR count). The lowest BCUT2D eigenvalue weighted by Crippen LogP contribution is -2.30. The number of carbonyl (C=O) groups excluding carboxylic acids is 1. The highest BCUT2D eigenvalue weighted by molar-refractivity contribution is 7.98. The fourth-order valence-corrected chi connectivity index (χ4v) is 5.10. The molecule has 2 aromatic carbocycles. The zero-order valence-corrected chi connectivity index (χ0v) is 21.8. The van der Waals surface area contributed by atoms with Crippen LogP contribution in [-0.4, -0.2) is 37.0 Å². The molecule has 7 nitrogen and oxygen atoms in total. The van der Waals surface area contributed by atoms with E-state index in [9.17, 15) is 4.79 Å². The first-order valence-corrected chi connectivity index (χ1v) is 13.5. The van der Waals surface area contributed by atoms with Crippen LogP contribution in [0.4, 0.5) is 5.13 Å². The molecule has 0 aliphatic carbocycles. The number of rotatable bonds is 11. The van der Waals surface area contributed by atoms with Crippen LogP contribution in [0, 0.1) is 0 Å². The van der Waals surface area contributed by atoms with Gasteiger partial charge in [0.2, 0.25) is 5.75 Å². The van der Waals surface area contributed by atoms with Gasteiger partial charge in [0.1, 0.15) is 5.76 Å². The summed E-state index contributed by atoms with van der Waals surface area (Å²) in [5.74, 6) is 1.85. The van der Waals surface area contributed by atoms with Gasteiger partial charge in [-0.05, 0) is 69.5 Å². The third kappa shape index (κ3) is 5.57. The van der Waals surface area contributed by atoms with Crippen LogP contribution in [0.1, 0.15) is 36.9 Å². The Labute approximate surface area is 213 Å². The van der Waals surface area contributed by atoms with Gasteiger partial charge in [-0.1, -0.05) is 11.3 Å². The molecule has 0 saturated heterocycles. The molecular weight excluding hydrogens is 484 g/mol. The molecule has 184 valence electrons. The molecule has 0 spiro atoms. The summed E-state index contributed by atoms with van der Waals surface area (Å²) in [5, 5.41) is 0.587. The number of amides is 1. The SMILES string of the molecule is CCOc1cc(C(=O)N(Cc2ccco2)c2nc3ccc(SC)cc3s2)cc(OCC)c1OCC. The van der Waals surface area contributed by atoms with E-state index in [0.29, 0.717) is 53.5 Å². The number of thiazole rings is 1. The highest BCUT2D eigenvalue weighted by Gasteiger charge is 2.26. The topological polar surface area (TPSA) is 74.0 Å². The summed E-state index contributed by atoms with van der Waals surface area (Å²) in [6.45, 7) is 7.20. The number of thioether (sulfide) groups is 1. The molecular formula is C26H28N2O5S2. The summed E-state index contributed by atoms with van der Waals surface area (Å²) in [7, 11) is 0. The van der Waals surface area contributed by atoms with E-state index >= 15 is 0 Å². The van der Waals surface area contributed by atoms with E-state index in [2.05, 4.69) is 6.07 Å². The van der Waals surface area contributed by atoms with Crippen molar-refractivity contribution in [3.63, 3.8) is 0 Å². The second-order valence-electron chi connectivity index (χ2n) is 7.40. The van der Waals surface area contributed by atoms with Gasteiger partial charge in [-0.2, -0.15) is 0 Å². The van der Waals surface area contributed by atoms with Crippen molar-refractivity contribution in [2.45, 2.75) is 32.2 Å². The molecule has 0 fully saturated rings. The van der Waals surface area contributed by atoms with Gasteiger partial charge < -0.3 is 18.6 Å². The van der Waals surface area contributed by atoms with Crippen LogP contribution < -0.4 is 19.1 Å². The first-order chi connectivity index (χ1) is 17.1. The van der Waals surface area contributed by atoms with Crippen LogP contribution in [0.15, 0.2) is 58.0 Å². The summed E-state index contributed by atoms with van der Waals surface area (Å²) in [6.07, 6.45) is 3.63. The molecule has 0 aliphatic rings. The van der Waals surface area contributed by atoms with Crippen molar-refractivity contribution in [1.82, 2.24) is 4.98 Å². The lowest BCUT2D eigenvalue weighted by atomic mass is 10.1. The standard InChI is InChI=1S/C26H28N2O5S2/c1-5-30-21-13-17(14-22(31-6-2)24(21)32-7-3)25(29)28(16-18-9-8-12-33-18)26-27-20-11-10-19(34-4)15-23(20)35-26/h8-15H,5-7,16H2,1-4H3. The number of furan rings is 1. The maximum absolute atomic E-state index is 13.9.